The number of phenolic OH excluding ortho intramolecular Hbond substituents is 1. The van der Waals surface area contributed by atoms with Crippen LogP contribution in [0.1, 0.15) is 22.3 Å². The van der Waals surface area contributed by atoms with Crippen LogP contribution in [0.25, 0.3) is 10.8 Å². The van der Waals surface area contributed by atoms with Crippen molar-refractivity contribution in [3.05, 3.63) is 102 Å². The van der Waals surface area contributed by atoms with E-state index < -0.39 is 10.0 Å². The topological polar surface area (TPSA) is 90.0 Å². The van der Waals surface area contributed by atoms with Crippen LogP contribution in [0.3, 0.4) is 0 Å². The lowest BCUT2D eigenvalue weighted by Gasteiger charge is -2.22. The summed E-state index contributed by atoms with van der Waals surface area (Å²) < 4.78 is 28.7. The first-order chi connectivity index (χ1) is 17.9. The zero-order valence-corrected chi connectivity index (χ0v) is 21.2. The van der Waals surface area contributed by atoms with Crippen molar-refractivity contribution in [2.24, 2.45) is 0 Å². The first kappa shape index (κ1) is 24.8. The molecule has 1 fully saturated rings. The van der Waals surface area contributed by atoms with Gasteiger partial charge in [0.1, 0.15) is 5.75 Å². The SMILES string of the molecule is O=C(c1cccc(NS(=O)(=O)c2ccc3ccccc3c2)c1)N1CCCN(Cc2ccc(O)cc2)CC1. The van der Waals surface area contributed by atoms with Crippen LogP contribution in [0.2, 0.25) is 0 Å². The molecule has 1 saturated heterocycles. The number of amides is 1. The van der Waals surface area contributed by atoms with Crippen molar-refractivity contribution < 1.29 is 18.3 Å². The Morgan fingerprint density at radius 1 is 0.811 bits per heavy atom. The first-order valence-corrected chi connectivity index (χ1v) is 13.8. The van der Waals surface area contributed by atoms with Crippen LogP contribution in [0.15, 0.2) is 95.9 Å². The highest BCUT2D eigenvalue weighted by atomic mass is 32.2. The van der Waals surface area contributed by atoms with Gasteiger partial charge in [0, 0.05) is 44.0 Å². The molecule has 4 aromatic rings. The molecule has 1 aliphatic rings. The van der Waals surface area contributed by atoms with Gasteiger partial charge in [0.15, 0.2) is 0 Å². The molecule has 1 amide bonds. The van der Waals surface area contributed by atoms with Gasteiger partial charge in [-0.15, -0.1) is 0 Å². The van der Waals surface area contributed by atoms with Crippen molar-refractivity contribution in [2.75, 3.05) is 30.9 Å². The Morgan fingerprint density at radius 3 is 2.41 bits per heavy atom. The average molecular weight is 516 g/mol. The molecule has 4 aromatic carbocycles. The van der Waals surface area contributed by atoms with E-state index >= 15 is 0 Å². The Balaban J connectivity index is 1.25. The molecule has 0 bridgehead atoms. The highest BCUT2D eigenvalue weighted by Gasteiger charge is 2.22. The number of benzene rings is 4. The van der Waals surface area contributed by atoms with Crippen LogP contribution in [-0.4, -0.2) is 55.4 Å². The largest absolute Gasteiger partial charge is 0.508 e. The van der Waals surface area contributed by atoms with Crippen molar-refractivity contribution in [3.8, 4) is 5.75 Å². The normalized spacial score (nSPS) is 14.9. The second kappa shape index (κ2) is 10.6. The van der Waals surface area contributed by atoms with Crippen molar-refractivity contribution in [1.29, 1.82) is 0 Å². The van der Waals surface area contributed by atoms with E-state index in [9.17, 15) is 18.3 Å². The molecular formula is C29H29N3O4S. The molecule has 0 unspecified atom stereocenters. The molecule has 2 N–H and O–H groups in total. The molecule has 0 aliphatic carbocycles. The van der Waals surface area contributed by atoms with E-state index in [1.54, 1.807) is 54.6 Å². The van der Waals surface area contributed by atoms with Gasteiger partial charge in [-0.3, -0.25) is 14.4 Å². The Hall–Kier alpha value is -3.88. The number of rotatable bonds is 6. The van der Waals surface area contributed by atoms with E-state index in [4.69, 9.17) is 0 Å². The standard InChI is InChI=1S/C29H29N3O4S/c33-27-12-9-22(10-13-27)21-31-15-4-16-32(18-17-31)29(34)25-7-3-8-26(19-25)30-37(35,36)28-14-11-23-5-1-2-6-24(23)20-28/h1-3,5-14,19-20,30,33H,4,15-18,21H2. The molecule has 1 aliphatic heterocycles. The van der Waals surface area contributed by atoms with E-state index in [0.717, 1.165) is 42.4 Å². The average Bonchev–Trinajstić information content (AvgIpc) is 3.15. The number of carbonyl (C=O) groups excluding carboxylic acids is 1. The lowest BCUT2D eigenvalue weighted by molar-refractivity contribution is 0.0761. The minimum Gasteiger partial charge on any atom is -0.508 e. The molecule has 5 rings (SSSR count). The fraction of sp³-hybridized carbons (Fsp3) is 0.207. The van der Waals surface area contributed by atoms with E-state index in [2.05, 4.69) is 9.62 Å². The van der Waals surface area contributed by atoms with E-state index in [1.165, 1.54) is 0 Å². The third-order valence-electron chi connectivity index (χ3n) is 6.61. The third kappa shape index (κ3) is 5.93. The zero-order chi connectivity index (χ0) is 25.8. The molecule has 1 heterocycles. The fourth-order valence-electron chi connectivity index (χ4n) is 4.64. The van der Waals surface area contributed by atoms with Gasteiger partial charge in [0.05, 0.1) is 4.90 Å². The molecular weight excluding hydrogens is 486 g/mol. The van der Waals surface area contributed by atoms with Crippen LogP contribution in [0.5, 0.6) is 5.75 Å². The zero-order valence-electron chi connectivity index (χ0n) is 20.4. The van der Waals surface area contributed by atoms with Crippen molar-refractivity contribution in [1.82, 2.24) is 9.80 Å². The van der Waals surface area contributed by atoms with Crippen LogP contribution >= 0.6 is 0 Å². The van der Waals surface area contributed by atoms with Crippen molar-refractivity contribution in [2.45, 2.75) is 17.9 Å². The summed E-state index contributed by atoms with van der Waals surface area (Å²) in [5.74, 6) is 0.136. The van der Waals surface area contributed by atoms with Gasteiger partial charge in [-0.25, -0.2) is 8.42 Å². The number of sulfonamides is 1. The van der Waals surface area contributed by atoms with Crippen molar-refractivity contribution >= 4 is 32.4 Å². The lowest BCUT2D eigenvalue weighted by atomic mass is 10.1. The third-order valence-corrected chi connectivity index (χ3v) is 7.99. The van der Waals surface area contributed by atoms with Gasteiger partial charge in [-0.2, -0.15) is 0 Å². The Bertz CT molecular complexity index is 1520. The molecule has 190 valence electrons. The molecule has 0 radical (unpaired) electrons. The Labute approximate surface area is 217 Å². The van der Waals surface area contributed by atoms with E-state index in [1.807, 2.05) is 41.3 Å². The number of hydrogen-bond donors (Lipinski definition) is 2. The number of fused-ring (bicyclic) bond motifs is 1. The second-order valence-corrected chi connectivity index (χ2v) is 11.0. The summed E-state index contributed by atoms with van der Waals surface area (Å²) in [6.07, 6.45) is 0.845. The van der Waals surface area contributed by atoms with Gasteiger partial charge in [-0.1, -0.05) is 48.5 Å². The summed E-state index contributed by atoms with van der Waals surface area (Å²) in [7, 11) is -3.81. The summed E-state index contributed by atoms with van der Waals surface area (Å²) in [6, 6.07) is 26.5. The number of phenols is 1. The molecule has 0 atom stereocenters. The quantitative estimate of drug-likeness (QED) is 0.389. The Morgan fingerprint density at radius 2 is 1.59 bits per heavy atom. The summed E-state index contributed by atoms with van der Waals surface area (Å²) in [4.78, 5) is 17.6. The van der Waals surface area contributed by atoms with Gasteiger partial charge in [0.25, 0.3) is 15.9 Å². The maximum atomic E-state index is 13.3. The van der Waals surface area contributed by atoms with E-state index in [0.29, 0.717) is 24.3 Å². The summed E-state index contributed by atoms with van der Waals surface area (Å²) in [6.45, 7) is 3.59. The molecule has 0 spiro atoms. The maximum Gasteiger partial charge on any atom is 0.261 e. The van der Waals surface area contributed by atoms with Gasteiger partial charge < -0.3 is 10.0 Å². The monoisotopic (exact) mass is 515 g/mol. The maximum absolute atomic E-state index is 13.3. The van der Waals surface area contributed by atoms with Crippen LogP contribution < -0.4 is 4.72 Å². The minimum atomic E-state index is -3.81. The molecule has 37 heavy (non-hydrogen) atoms. The highest BCUT2D eigenvalue weighted by molar-refractivity contribution is 7.92. The van der Waals surface area contributed by atoms with E-state index in [-0.39, 0.29) is 16.6 Å². The van der Waals surface area contributed by atoms with Gasteiger partial charge in [-0.05, 0) is 65.2 Å². The number of hydrogen-bond acceptors (Lipinski definition) is 5. The summed E-state index contributed by atoms with van der Waals surface area (Å²) in [5.41, 5.74) is 1.91. The first-order valence-electron chi connectivity index (χ1n) is 12.3. The van der Waals surface area contributed by atoms with Crippen LogP contribution in [0, 0.1) is 0 Å². The van der Waals surface area contributed by atoms with Crippen LogP contribution in [0.4, 0.5) is 5.69 Å². The number of nitrogens with one attached hydrogen (secondary N) is 1. The van der Waals surface area contributed by atoms with Gasteiger partial charge in [0.2, 0.25) is 0 Å². The number of aromatic hydroxyl groups is 1. The number of nitrogens with zero attached hydrogens (tertiary/aromatic N) is 2. The predicted molar refractivity (Wildman–Crippen MR) is 145 cm³/mol. The molecule has 0 saturated carbocycles. The van der Waals surface area contributed by atoms with Crippen LogP contribution in [-0.2, 0) is 16.6 Å². The number of anilines is 1. The summed E-state index contributed by atoms with van der Waals surface area (Å²) in [5, 5.41) is 11.3. The minimum absolute atomic E-state index is 0.113. The second-order valence-electron chi connectivity index (χ2n) is 9.28. The predicted octanol–water partition coefficient (Wildman–Crippen LogP) is 4.69. The number of carbonyl (C=O) groups is 1. The fourth-order valence-corrected chi connectivity index (χ4v) is 5.72. The van der Waals surface area contributed by atoms with Gasteiger partial charge >= 0.3 is 0 Å². The molecule has 0 aromatic heterocycles. The molecule has 7 nitrogen and oxygen atoms in total. The lowest BCUT2D eigenvalue weighted by Crippen LogP contribution is -2.35. The highest BCUT2D eigenvalue weighted by Crippen LogP contribution is 2.23. The smallest absolute Gasteiger partial charge is 0.261 e. The van der Waals surface area contributed by atoms with Crippen molar-refractivity contribution in [3.63, 3.8) is 0 Å². The molecule has 8 heteroatoms. The summed E-state index contributed by atoms with van der Waals surface area (Å²) >= 11 is 0. The Kier molecular flexibility index (Phi) is 7.12.